The largest absolute Gasteiger partial charge is 0.315 e. The smallest absolute Gasteiger partial charge is 0.0237 e. The van der Waals surface area contributed by atoms with Crippen molar-refractivity contribution in [1.29, 1.82) is 0 Å². The molecule has 0 aromatic heterocycles. The Hall–Kier alpha value is -1.68. The summed E-state index contributed by atoms with van der Waals surface area (Å²) in [6, 6.07) is 22.2. The van der Waals surface area contributed by atoms with E-state index in [0.717, 1.165) is 32.7 Å². The molecule has 0 spiro atoms. The first-order valence-electron chi connectivity index (χ1n) is 9.65. The highest BCUT2D eigenvalue weighted by Crippen LogP contribution is 2.19. The normalized spacial score (nSPS) is 17.8. The fourth-order valence-corrected chi connectivity index (χ4v) is 3.59. The second-order valence-electron chi connectivity index (χ2n) is 6.97. The Morgan fingerprint density at radius 1 is 0.840 bits per heavy atom. The van der Waals surface area contributed by atoms with Crippen LogP contribution < -0.4 is 10.6 Å². The molecule has 3 rings (SSSR count). The zero-order chi connectivity index (χ0) is 17.2. The fraction of sp³-hybridized carbons (Fsp3) is 0.455. The van der Waals surface area contributed by atoms with Crippen LogP contribution in [0.25, 0.3) is 0 Å². The lowest BCUT2D eigenvalue weighted by molar-refractivity contribution is 0.239. The van der Waals surface area contributed by atoms with Crippen molar-refractivity contribution in [1.82, 2.24) is 15.5 Å². The van der Waals surface area contributed by atoms with Crippen molar-refractivity contribution in [2.75, 3.05) is 26.2 Å². The van der Waals surface area contributed by atoms with Gasteiger partial charge >= 0.3 is 0 Å². The fourth-order valence-electron chi connectivity index (χ4n) is 3.59. The van der Waals surface area contributed by atoms with Gasteiger partial charge in [0, 0.05) is 25.7 Å². The maximum atomic E-state index is 3.66. The van der Waals surface area contributed by atoms with Crippen molar-refractivity contribution < 1.29 is 0 Å². The highest BCUT2D eigenvalue weighted by molar-refractivity contribution is 5.15. The van der Waals surface area contributed by atoms with Gasteiger partial charge in [-0.25, -0.2) is 0 Å². The molecular weight excluding hydrogens is 306 g/mol. The summed E-state index contributed by atoms with van der Waals surface area (Å²) in [5.74, 6) is 0. The van der Waals surface area contributed by atoms with Crippen molar-refractivity contribution >= 4 is 0 Å². The molecule has 1 saturated heterocycles. The van der Waals surface area contributed by atoms with Crippen molar-refractivity contribution in [3.8, 4) is 0 Å². The van der Waals surface area contributed by atoms with Gasteiger partial charge in [0.05, 0.1) is 0 Å². The molecule has 0 bridgehead atoms. The molecule has 0 saturated carbocycles. The van der Waals surface area contributed by atoms with Gasteiger partial charge in [-0.15, -0.1) is 0 Å². The molecule has 2 N–H and O–H groups in total. The molecule has 0 radical (unpaired) electrons. The van der Waals surface area contributed by atoms with Gasteiger partial charge in [-0.05, 0) is 50.0 Å². The first-order chi connectivity index (χ1) is 12.4. The second-order valence-corrected chi connectivity index (χ2v) is 6.97. The number of benzene rings is 2. The van der Waals surface area contributed by atoms with Gasteiger partial charge < -0.3 is 10.6 Å². The van der Waals surface area contributed by atoms with E-state index in [1.54, 1.807) is 0 Å². The lowest BCUT2D eigenvalue weighted by Crippen LogP contribution is -2.38. The van der Waals surface area contributed by atoms with Gasteiger partial charge in [-0.3, -0.25) is 4.90 Å². The summed E-state index contributed by atoms with van der Waals surface area (Å²) >= 11 is 0. The highest BCUT2D eigenvalue weighted by Gasteiger charge is 2.23. The Balaban J connectivity index is 1.27. The lowest BCUT2D eigenvalue weighted by Gasteiger charge is -2.25. The van der Waals surface area contributed by atoms with Gasteiger partial charge in [0.25, 0.3) is 0 Å². The van der Waals surface area contributed by atoms with E-state index in [-0.39, 0.29) is 0 Å². The minimum absolute atomic E-state index is 0.692. The summed E-state index contributed by atoms with van der Waals surface area (Å²) in [5, 5.41) is 7.18. The standard InChI is InChI=1S/C22H31N3/c1-3-9-20(10-4-1)17-23-14-8-15-24-18-22-13-7-16-25(22)19-21-11-5-2-6-12-21/h1-6,9-12,22-24H,7-8,13-19H2/t22-/m0/s1. The van der Waals surface area contributed by atoms with Crippen LogP contribution in [0.4, 0.5) is 0 Å². The first kappa shape index (κ1) is 18.1. The highest BCUT2D eigenvalue weighted by atomic mass is 15.2. The predicted molar refractivity (Wildman–Crippen MR) is 106 cm³/mol. The number of hydrogen-bond acceptors (Lipinski definition) is 3. The Labute approximate surface area is 152 Å². The maximum absolute atomic E-state index is 3.66. The average molecular weight is 338 g/mol. The van der Waals surface area contributed by atoms with Crippen LogP contribution in [0.2, 0.25) is 0 Å². The van der Waals surface area contributed by atoms with E-state index in [2.05, 4.69) is 76.2 Å². The van der Waals surface area contributed by atoms with Gasteiger partial charge in [0.2, 0.25) is 0 Å². The molecular formula is C22H31N3. The molecule has 134 valence electrons. The molecule has 0 aliphatic carbocycles. The lowest BCUT2D eigenvalue weighted by atomic mass is 10.2. The molecule has 1 fully saturated rings. The first-order valence-corrected chi connectivity index (χ1v) is 9.65. The van der Waals surface area contributed by atoms with E-state index >= 15 is 0 Å². The third-order valence-corrected chi connectivity index (χ3v) is 4.99. The molecule has 0 amide bonds. The van der Waals surface area contributed by atoms with Crippen LogP contribution in [0, 0.1) is 0 Å². The number of likely N-dealkylation sites (tertiary alicyclic amines) is 1. The molecule has 1 atom stereocenters. The maximum Gasteiger partial charge on any atom is 0.0237 e. The van der Waals surface area contributed by atoms with Crippen LogP contribution in [0.5, 0.6) is 0 Å². The summed E-state index contributed by atoms with van der Waals surface area (Å²) in [7, 11) is 0. The predicted octanol–water partition coefficient (Wildman–Crippen LogP) is 3.42. The van der Waals surface area contributed by atoms with Crippen molar-refractivity contribution in [3.05, 3.63) is 71.8 Å². The SMILES string of the molecule is c1ccc(CNCCCNC[C@@H]2CCCN2Cc2ccccc2)cc1. The van der Waals surface area contributed by atoms with Crippen molar-refractivity contribution in [2.24, 2.45) is 0 Å². The van der Waals surface area contributed by atoms with E-state index in [1.807, 2.05) is 0 Å². The third kappa shape index (κ3) is 6.28. The zero-order valence-corrected chi connectivity index (χ0v) is 15.2. The summed E-state index contributed by atoms with van der Waals surface area (Å²) in [4.78, 5) is 2.63. The molecule has 1 aliphatic heterocycles. The van der Waals surface area contributed by atoms with E-state index < -0.39 is 0 Å². The summed E-state index contributed by atoms with van der Waals surface area (Å²) in [5.41, 5.74) is 2.79. The molecule has 1 heterocycles. The Bertz CT molecular complexity index is 585. The molecule has 3 nitrogen and oxygen atoms in total. The van der Waals surface area contributed by atoms with Gasteiger partial charge in [0.15, 0.2) is 0 Å². The minimum atomic E-state index is 0.692. The zero-order valence-electron chi connectivity index (χ0n) is 15.2. The van der Waals surface area contributed by atoms with Crippen molar-refractivity contribution in [2.45, 2.75) is 38.4 Å². The third-order valence-electron chi connectivity index (χ3n) is 4.99. The van der Waals surface area contributed by atoms with Crippen LogP contribution in [0.3, 0.4) is 0 Å². The van der Waals surface area contributed by atoms with Crippen LogP contribution in [0.1, 0.15) is 30.4 Å². The van der Waals surface area contributed by atoms with E-state index in [9.17, 15) is 0 Å². The number of nitrogens with one attached hydrogen (secondary N) is 2. The van der Waals surface area contributed by atoms with Crippen LogP contribution in [0.15, 0.2) is 60.7 Å². The summed E-state index contributed by atoms with van der Waals surface area (Å²) in [6.45, 7) is 6.57. The minimum Gasteiger partial charge on any atom is -0.315 e. The Kier molecular flexibility index (Phi) is 7.50. The molecule has 0 unspecified atom stereocenters. The van der Waals surface area contributed by atoms with Gasteiger partial charge in [-0.1, -0.05) is 60.7 Å². The topological polar surface area (TPSA) is 27.3 Å². The quantitative estimate of drug-likeness (QED) is 0.651. The number of rotatable bonds is 10. The monoisotopic (exact) mass is 337 g/mol. The van der Waals surface area contributed by atoms with Gasteiger partial charge in [0.1, 0.15) is 0 Å². The molecule has 25 heavy (non-hydrogen) atoms. The summed E-state index contributed by atoms with van der Waals surface area (Å²) < 4.78 is 0. The van der Waals surface area contributed by atoms with E-state index in [0.29, 0.717) is 6.04 Å². The summed E-state index contributed by atoms with van der Waals surface area (Å²) in [6.07, 6.45) is 3.84. The number of nitrogens with zero attached hydrogens (tertiary/aromatic N) is 1. The van der Waals surface area contributed by atoms with E-state index in [4.69, 9.17) is 0 Å². The number of hydrogen-bond donors (Lipinski definition) is 2. The molecule has 3 heteroatoms. The van der Waals surface area contributed by atoms with E-state index in [1.165, 1.54) is 36.9 Å². The Morgan fingerprint density at radius 3 is 2.28 bits per heavy atom. The molecule has 2 aromatic rings. The second kappa shape index (κ2) is 10.3. The van der Waals surface area contributed by atoms with Crippen LogP contribution >= 0.6 is 0 Å². The average Bonchev–Trinajstić information content (AvgIpc) is 3.09. The van der Waals surface area contributed by atoms with Crippen LogP contribution in [-0.4, -0.2) is 37.1 Å². The van der Waals surface area contributed by atoms with Crippen molar-refractivity contribution in [3.63, 3.8) is 0 Å². The Morgan fingerprint density at radius 2 is 1.52 bits per heavy atom. The van der Waals surface area contributed by atoms with Gasteiger partial charge in [-0.2, -0.15) is 0 Å². The molecule has 2 aromatic carbocycles. The van der Waals surface area contributed by atoms with Crippen LogP contribution in [-0.2, 0) is 13.1 Å². The molecule has 1 aliphatic rings.